The second-order valence-corrected chi connectivity index (χ2v) is 5.47. The Hall–Kier alpha value is -3.28. The normalized spacial score (nSPS) is 10.3. The number of anilines is 2. The molecule has 2 heterocycles. The molecule has 2 aromatic heterocycles. The van der Waals surface area contributed by atoms with E-state index < -0.39 is 12.0 Å². The Morgan fingerprint density at radius 3 is 2.28 bits per heavy atom. The lowest BCUT2D eigenvalue weighted by molar-refractivity contribution is 0.262. The minimum atomic E-state index is -0.648. The topological polar surface area (TPSA) is 66.9 Å². The molecule has 1 aromatic carbocycles. The number of nitrogens with zero attached hydrogens (tertiary/aromatic N) is 2. The maximum Gasteiger partial charge on any atom is 0.323 e. The molecule has 5 nitrogen and oxygen atoms in total. The summed E-state index contributed by atoms with van der Waals surface area (Å²) in [6.07, 6.45) is 4.59. The number of aryl methyl sites for hydroxylation is 2. The van der Waals surface area contributed by atoms with E-state index in [0.717, 1.165) is 24.6 Å². The van der Waals surface area contributed by atoms with Gasteiger partial charge in [0.25, 0.3) is 0 Å². The first-order valence-corrected chi connectivity index (χ1v) is 7.87. The Bertz CT molecular complexity index is 855. The van der Waals surface area contributed by atoms with Crippen molar-refractivity contribution in [3.05, 3.63) is 84.2 Å². The van der Waals surface area contributed by atoms with Crippen molar-refractivity contribution in [1.82, 2.24) is 9.97 Å². The monoisotopic (exact) mass is 336 g/mol. The standard InChI is InChI=1S/C19H17FN4O/c20-18-13-17(9-11-22-18)24-19(25)23-16-8-10-21-15(12-16)7-6-14-4-2-1-3-5-14/h1-5,8-13H,6-7H2,(H2,21,22,23,24,25). The number of rotatable bonds is 5. The summed E-state index contributed by atoms with van der Waals surface area (Å²) in [6.45, 7) is 0. The number of carbonyl (C=O) groups is 1. The molecule has 0 saturated heterocycles. The minimum absolute atomic E-state index is 0.336. The number of urea groups is 1. The molecule has 0 spiro atoms. The molecule has 0 atom stereocenters. The van der Waals surface area contributed by atoms with E-state index in [9.17, 15) is 9.18 Å². The molecule has 25 heavy (non-hydrogen) atoms. The van der Waals surface area contributed by atoms with Gasteiger partial charge in [-0.3, -0.25) is 4.98 Å². The van der Waals surface area contributed by atoms with Gasteiger partial charge in [-0.15, -0.1) is 0 Å². The van der Waals surface area contributed by atoms with E-state index >= 15 is 0 Å². The average Bonchev–Trinajstić information content (AvgIpc) is 2.61. The van der Waals surface area contributed by atoms with Crippen LogP contribution in [0.25, 0.3) is 0 Å². The van der Waals surface area contributed by atoms with Gasteiger partial charge in [-0.2, -0.15) is 4.39 Å². The lowest BCUT2D eigenvalue weighted by Crippen LogP contribution is -2.19. The van der Waals surface area contributed by atoms with Gasteiger partial charge >= 0.3 is 6.03 Å². The molecule has 0 radical (unpaired) electrons. The summed E-state index contributed by atoms with van der Waals surface area (Å²) in [4.78, 5) is 19.8. The molecule has 3 rings (SSSR count). The maximum absolute atomic E-state index is 13.0. The molecule has 2 N–H and O–H groups in total. The predicted octanol–water partition coefficient (Wildman–Crippen LogP) is 4.04. The highest BCUT2D eigenvalue weighted by atomic mass is 19.1. The van der Waals surface area contributed by atoms with Gasteiger partial charge in [-0.05, 0) is 36.6 Å². The predicted molar refractivity (Wildman–Crippen MR) is 94.9 cm³/mol. The molecule has 0 saturated carbocycles. The first-order valence-electron chi connectivity index (χ1n) is 7.87. The van der Waals surface area contributed by atoms with E-state index in [4.69, 9.17) is 0 Å². The van der Waals surface area contributed by atoms with E-state index in [0.29, 0.717) is 11.4 Å². The highest BCUT2D eigenvalue weighted by Gasteiger charge is 2.05. The van der Waals surface area contributed by atoms with Crippen LogP contribution >= 0.6 is 0 Å². The van der Waals surface area contributed by atoms with Crippen molar-refractivity contribution in [1.29, 1.82) is 0 Å². The van der Waals surface area contributed by atoms with Crippen molar-refractivity contribution in [3.8, 4) is 0 Å². The third-order valence-electron chi connectivity index (χ3n) is 3.57. The fourth-order valence-electron chi connectivity index (χ4n) is 2.38. The van der Waals surface area contributed by atoms with Gasteiger partial charge in [-0.1, -0.05) is 30.3 Å². The lowest BCUT2D eigenvalue weighted by Gasteiger charge is -2.09. The number of halogens is 1. The van der Waals surface area contributed by atoms with Gasteiger partial charge in [0.15, 0.2) is 0 Å². The zero-order chi connectivity index (χ0) is 17.5. The molecule has 3 aromatic rings. The molecule has 6 heteroatoms. The number of carbonyl (C=O) groups excluding carboxylic acids is 1. The molecule has 0 bridgehead atoms. The average molecular weight is 336 g/mol. The number of pyridine rings is 2. The van der Waals surface area contributed by atoms with Crippen LogP contribution in [0.5, 0.6) is 0 Å². The van der Waals surface area contributed by atoms with Crippen molar-refractivity contribution in [3.63, 3.8) is 0 Å². The number of hydrogen-bond donors (Lipinski definition) is 2. The van der Waals surface area contributed by atoms with Crippen LogP contribution < -0.4 is 10.6 Å². The Morgan fingerprint density at radius 2 is 1.56 bits per heavy atom. The molecule has 0 unspecified atom stereocenters. The summed E-state index contributed by atoms with van der Waals surface area (Å²) in [5, 5.41) is 5.27. The van der Waals surface area contributed by atoms with Crippen LogP contribution in [-0.4, -0.2) is 16.0 Å². The summed E-state index contributed by atoms with van der Waals surface area (Å²) in [7, 11) is 0. The zero-order valence-electron chi connectivity index (χ0n) is 13.4. The van der Waals surface area contributed by atoms with Crippen molar-refractivity contribution in [2.24, 2.45) is 0 Å². The van der Waals surface area contributed by atoms with Crippen LogP contribution in [0.15, 0.2) is 67.0 Å². The zero-order valence-corrected chi connectivity index (χ0v) is 13.4. The van der Waals surface area contributed by atoms with Crippen molar-refractivity contribution in [2.75, 3.05) is 10.6 Å². The van der Waals surface area contributed by atoms with Gasteiger partial charge in [0.05, 0.1) is 0 Å². The lowest BCUT2D eigenvalue weighted by atomic mass is 10.1. The largest absolute Gasteiger partial charge is 0.323 e. The van der Waals surface area contributed by atoms with Crippen molar-refractivity contribution >= 4 is 17.4 Å². The smallest absolute Gasteiger partial charge is 0.308 e. The Labute approximate surface area is 145 Å². The number of amides is 2. The molecule has 0 fully saturated rings. The molecule has 0 aliphatic carbocycles. The SMILES string of the molecule is O=C(Nc1ccnc(F)c1)Nc1ccnc(CCc2ccccc2)c1. The molecule has 0 aliphatic rings. The first kappa shape index (κ1) is 16.6. The Balaban J connectivity index is 1.58. The summed E-state index contributed by atoms with van der Waals surface area (Å²) in [6, 6.07) is 15.9. The number of nitrogens with one attached hydrogen (secondary N) is 2. The first-order chi connectivity index (χ1) is 12.2. The van der Waals surface area contributed by atoms with Gasteiger partial charge in [-0.25, -0.2) is 9.78 Å². The van der Waals surface area contributed by atoms with Crippen LogP contribution in [0.1, 0.15) is 11.3 Å². The summed E-state index contributed by atoms with van der Waals surface area (Å²) in [5.74, 6) is -0.648. The van der Waals surface area contributed by atoms with Crippen LogP contribution in [0.3, 0.4) is 0 Å². The summed E-state index contributed by atoms with van der Waals surface area (Å²) in [5.41, 5.74) is 3.09. The molecular weight excluding hydrogens is 319 g/mol. The highest BCUT2D eigenvalue weighted by Crippen LogP contribution is 2.12. The quantitative estimate of drug-likeness (QED) is 0.691. The van der Waals surface area contributed by atoms with Crippen LogP contribution in [0.2, 0.25) is 0 Å². The van der Waals surface area contributed by atoms with Crippen molar-refractivity contribution in [2.45, 2.75) is 12.8 Å². The fraction of sp³-hybridized carbons (Fsp3) is 0.105. The number of benzene rings is 1. The van der Waals surface area contributed by atoms with Gasteiger partial charge < -0.3 is 10.6 Å². The van der Waals surface area contributed by atoms with Gasteiger partial charge in [0.1, 0.15) is 0 Å². The van der Waals surface area contributed by atoms with Crippen LogP contribution in [-0.2, 0) is 12.8 Å². The molecule has 0 aliphatic heterocycles. The third-order valence-corrected chi connectivity index (χ3v) is 3.57. The van der Waals surface area contributed by atoms with Crippen molar-refractivity contribution < 1.29 is 9.18 Å². The molecule has 2 amide bonds. The summed E-state index contributed by atoms with van der Waals surface area (Å²) < 4.78 is 13.0. The third kappa shape index (κ3) is 5.10. The van der Waals surface area contributed by atoms with Crippen LogP contribution in [0, 0.1) is 5.95 Å². The van der Waals surface area contributed by atoms with E-state index in [-0.39, 0.29) is 0 Å². The van der Waals surface area contributed by atoms with Gasteiger partial charge in [0.2, 0.25) is 5.95 Å². The second kappa shape index (κ2) is 8.01. The molecular formula is C19H17FN4O. The Morgan fingerprint density at radius 1 is 0.880 bits per heavy atom. The van der Waals surface area contributed by atoms with Crippen LogP contribution in [0.4, 0.5) is 20.6 Å². The maximum atomic E-state index is 13.0. The highest BCUT2D eigenvalue weighted by molar-refractivity contribution is 5.99. The minimum Gasteiger partial charge on any atom is -0.308 e. The fourth-order valence-corrected chi connectivity index (χ4v) is 2.38. The number of aromatic nitrogens is 2. The van der Waals surface area contributed by atoms with E-state index in [2.05, 4.69) is 32.7 Å². The van der Waals surface area contributed by atoms with E-state index in [1.807, 2.05) is 24.3 Å². The van der Waals surface area contributed by atoms with E-state index in [1.54, 1.807) is 12.3 Å². The van der Waals surface area contributed by atoms with Gasteiger partial charge in [0, 0.05) is 35.5 Å². The van der Waals surface area contributed by atoms with E-state index in [1.165, 1.54) is 17.8 Å². The Kier molecular flexibility index (Phi) is 5.31. The molecule has 126 valence electrons. The summed E-state index contributed by atoms with van der Waals surface area (Å²) >= 11 is 0. The second-order valence-electron chi connectivity index (χ2n) is 5.47. The number of hydrogen-bond acceptors (Lipinski definition) is 3.